The van der Waals surface area contributed by atoms with Crippen molar-refractivity contribution in [3.05, 3.63) is 36.5 Å². The largest absolute Gasteiger partial charge is 0.285 e. The highest BCUT2D eigenvalue weighted by Gasteiger charge is 1.93. The Balaban J connectivity index is 4.51. The Morgan fingerprint density at radius 3 is 2.25 bits per heavy atom. The van der Waals surface area contributed by atoms with Crippen molar-refractivity contribution in [1.29, 1.82) is 0 Å². The zero-order valence-corrected chi connectivity index (χ0v) is 8.17. The number of hydrogen-bond donors (Lipinski definition) is 0. The van der Waals surface area contributed by atoms with E-state index in [1.807, 2.05) is 45.1 Å². The number of hydrogen-bond acceptors (Lipinski definition) is 1. The summed E-state index contributed by atoms with van der Waals surface area (Å²) in [4.78, 5) is 4.31. The first-order chi connectivity index (χ1) is 5.76. The summed E-state index contributed by atoms with van der Waals surface area (Å²) in [5.74, 6) is 0. The number of nitrogens with zero attached hydrogens (tertiary/aromatic N) is 1. The van der Waals surface area contributed by atoms with Crippen molar-refractivity contribution in [2.45, 2.75) is 20.8 Å². The van der Waals surface area contributed by atoms with Gasteiger partial charge in [0.25, 0.3) is 0 Å². The van der Waals surface area contributed by atoms with Crippen LogP contribution >= 0.6 is 0 Å². The molecule has 0 aliphatic rings. The molecule has 0 rings (SSSR count). The van der Waals surface area contributed by atoms with Gasteiger partial charge in [0.05, 0.1) is 5.71 Å². The van der Waals surface area contributed by atoms with E-state index in [1.54, 1.807) is 0 Å². The van der Waals surface area contributed by atoms with Gasteiger partial charge in [-0.2, -0.15) is 0 Å². The summed E-state index contributed by atoms with van der Waals surface area (Å²) in [6.07, 6.45) is 7.89. The van der Waals surface area contributed by atoms with Gasteiger partial charge < -0.3 is 0 Å². The fourth-order valence-corrected chi connectivity index (χ4v) is 0.876. The van der Waals surface area contributed by atoms with Crippen molar-refractivity contribution in [2.75, 3.05) is 6.54 Å². The zero-order chi connectivity index (χ0) is 9.40. The summed E-state index contributed by atoms with van der Waals surface area (Å²) in [7, 11) is 0. The Hall–Kier alpha value is -1.11. The van der Waals surface area contributed by atoms with Crippen LogP contribution in [0.1, 0.15) is 20.8 Å². The van der Waals surface area contributed by atoms with Crippen molar-refractivity contribution < 1.29 is 0 Å². The number of aliphatic imine (C=N–C) groups is 1. The zero-order valence-electron chi connectivity index (χ0n) is 8.17. The lowest BCUT2D eigenvalue weighted by Crippen LogP contribution is -1.96. The minimum Gasteiger partial charge on any atom is -0.285 e. The summed E-state index contributed by atoms with van der Waals surface area (Å²) in [5.41, 5.74) is 1.94. The van der Waals surface area contributed by atoms with Crippen LogP contribution in [0, 0.1) is 0 Å². The van der Waals surface area contributed by atoms with Gasteiger partial charge in [-0.1, -0.05) is 24.8 Å². The minimum absolute atomic E-state index is 0.802. The Kier molecular flexibility index (Phi) is 5.98. The average Bonchev–Trinajstić information content (AvgIpc) is 2.04. The Bertz CT molecular complexity index is 219. The average molecular weight is 163 g/mol. The monoisotopic (exact) mass is 163 g/mol. The molecule has 0 aromatic rings. The molecule has 0 saturated carbocycles. The molecule has 0 heterocycles. The van der Waals surface area contributed by atoms with Crippen LogP contribution in [0.25, 0.3) is 0 Å². The Morgan fingerprint density at radius 1 is 1.25 bits per heavy atom. The van der Waals surface area contributed by atoms with E-state index in [9.17, 15) is 0 Å². The van der Waals surface area contributed by atoms with Crippen molar-refractivity contribution in [2.24, 2.45) is 4.99 Å². The second-order valence-corrected chi connectivity index (χ2v) is 2.38. The lowest BCUT2D eigenvalue weighted by molar-refractivity contribution is 1.13. The molecule has 0 radical (unpaired) electrons. The fraction of sp³-hybridized carbons (Fsp3) is 0.364. The molecule has 0 unspecified atom stereocenters. The molecule has 0 saturated heterocycles. The summed E-state index contributed by atoms with van der Waals surface area (Å²) in [5, 5.41) is 0. The Morgan fingerprint density at radius 2 is 1.83 bits per heavy atom. The first-order valence-corrected chi connectivity index (χ1v) is 4.25. The first kappa shape index (κ1) is 10.9. The van der Waals surface area contributed by atoms with Crippen molar-refractivity contribution in [3.8, 4) is 0 Å². The SMILES string of the molecule is C=C(/C=C/C)C(/C=C\C)=NCC. The van der Waals surface area contributed by atoms with Gasteiger partial charge in [0, 0.05) is 6.54 Å². The van der Waals surface area contributed by atoms with Gasteiger partial charge in [0.15, 0.2) is 0 Å². The van der Waals surface area contributed by atoms with Crippen LogP contribution in [0.3, 0.4) is 0 Å². The second kappa shape index (κ2) is 6.59. The molecule has 0 aromatic carbocycles. The van der Waals surface area contributed by atoms with Gasteiger partial charge in [0.1, 0.15) is 0 Å². The third-order valence-corrected chi connectivity index (χ3v) is 1.35. The van der Waals surface area contributed by atoms with Crippen LogP contribution in [0.5, 0.6) is 0 Å². The van der Waals surface area contributed by atoms with Gasteiger partial charge in [-0.15, -0.1) is 0 Å². The molecular weight excluding hydrogens is 146 g/mol. The second-order valence-electron chi connectivity index (χ2n) is 2.38. The summed E-state index contributed by atoms with van der Waals surface area (Å²) in [6.45, 7) is 10.7. The highest BCUT2D eigenvalue weighted by atomic mass is 14.7. The molecule has 0 fully saturated rings. The molecule has 0 N–H and O–H groups in total. The summed E-state index contributed by atoms with van der Waals surface area (Å²) < 4.78 is 0. The highest BCUT2D eigenvalue weighted by molar-refractivity contribution is 6.09. The van der Waals surface area contributed by atoms with E-state index in [2.05, 4.69) is 11.6 Å². The lowest BCUT2D eigenvalue weighted by Gasteiger charge is -1.98. The standard InChI is InChI=1S/C11H17N/c1-5-8-10(4)11(9-6-2)12-7-3/h5-6,8-9H,4,7H2,1-3H3/b8-5+,9-6-,12-11?. The molecule has 1 nitrogen and oxygen atoms in total. The molecule has 12 heavy (non-hydrogen) atoms. The van der Waals surface area contributed by atoms with E-state index in [4.69, 9.17) is 0 Å². The van der Waals surface area contributed by atoms with E-state index in [1.165, 1.54) is 0 Å². The molecule has 1 heteroatoms. The van der Waals surface area contributed by atoms with Crippen LogP contribution in [-0.2, 0) is 0 Å². The van der Waals surface area contributed by atoms with Crippen LogP contribution in [0.2, 0.25) is 0 Å². The quantitative estimate of drug-likeness (QED) is 0.446. The van der Waals surface area contributed by atoms with Crippen molar-refractivity contribution in [1.82, 2.24) is 0 Å². The minimum atomic E-state index is 0.802. The molecule has 0 atom stereocenters. The van der Waals surface area contributed by atoms with E-state index in [-0.39, 0.29) is 0 Å². The molecule has 66 valence electrons. The van der Waals surface area contributed by atoms with Crippen molar-refractivity contribution >= 4 is 5.71 Å². The predicted molar refractivity (Wildman–Crippen MR) is 56.7 cm³/mol. The lowest BCUT2D eigenvalue weighted by atomic mass is 10.1. The maximum atomic E-state index is 4.31. The number of rotatable bonds is 4. The fourth-order valence-electron chi connectivity index (χ4n) is 0.876. The maximum absolute atomic E-state index is 4.31. The van der Waals surface area contributed by atoms with Gasteiger partial charge in [0.2, 0.25) is 0 Å². The Labute approximate surface area is 75.2 Å². The van der Waals surface area contributed by atoms with Crippen LogP contribution < -0.4 is 0 Å². The summed E-state index contributed by atoms with van der Waals surface area (Å²) in [6, 6.07) is 0. The van der Waals surface area contributed by atoms with Gasteiger partial charge >= 0.3 is 0 Å². The van der Waals surface area contributed by atoms with Crippen LogP contribution in [-0.4, -0.2) is 12.3 Å². The number of allylic oxidation sites excluding steroid dienone is 5. The van der Waals surface area contributed by atoms with Gasteiger partial charge in [-0.05, 0) is 32.4 Å². The van der Waals surface area contributed by atoms with Crippen LogP contribution in [0.4, 0.5) is 0 Å². The maximum Gasteiger partial charge on any atom is 0.0637 e. The van der Waals surface area contributed by atoms with E-state index in [0.717, 1.165) is 17.8 Å². The van der Waals surface area contributed by atoms with E-state index >= 15 is 0 Å². The molecule has 0 bridgehead atoms. The molecule has 0 aliphatic heterocycles. The van der Waals surface area contributed by atoms with E-state index < -0.39 is 0 Å². The molecule has 0 amide bonds. The molecular formula is C11H17N. The highest BCUT2D eigenvalue weighted by Crippen LogP contribution is 1.99. The molecule has 0 aliphatic carbocycles. The topological polar surface area (TPSA) is 12.4 Å². The molecule has 0 spiro atoms. The smallest absolute Gasteiger partial charge is 0.0637 e. The normalized spacial score (nSPS) is 13.1. The predicted octanol–water partition coefficient (Wildman–Crippen LogP) is 3.16. The van der Waals surface area contributed by atoms with E-state index in [0.29, 0.717) is 0 Å². The molecule has 0 aromatic heterocycles. The third-order valence-electron chi connectivity index (χ3n) is 1.35. The summed E-state index contributed by atoms with van der Waals surface area (Å²) >= 11 is 0. The van der Waals surface area contributed by atoms with Gasteiger partial charge in [-0.3, -0.25) is 4.99 Å². The van der Waals surface area contributed by atoms with Crippen LogP contribution in [0.15, 0.2) is 41.4 Å². The van der Waals surface area contributed by atoms with Crippen molar-refractivity contribution in [3.63, 3.8) is 0 Å². The van der Waals surface area contributed by atoms with Gasteiger partial charge in [-0.25, -0.2) is 0 Å². The first-order valence-electron chi connectivity index (χ1n) is 4.25. The third kappa shape index (κ3) is 3.91.